The first-order valence-electron chi connectivity index (χ1n) is 14.6. The van der Waals surface area contributed by atoms with Crippen molar-refractivity contribution >= 4 is 27.5 Å². The molecule has 9 heteroatoms. The summed E-state index contributed by atoms with van der Waals surface area (Å²) in [5.74, 6) is -1.37. The van der Waals surface area contributed by atoms with E-state index < -0.39 is 40.2 Å². The second-order valence-corrected chi connectivity index (χ2v) is 12.6. The predicted octanol–water partition coefficient (Wildman–Crippen LogP) is 5.92. The van der Waals surface area contributed by atoms with Crippen molar-refractivity contribution in [2.75, 3.05) is 17.4 Å². The Labute approximate surface area is 259 Å². The monoisotopic (exact) mass is 615 g/mol. The van der Waals surface area contributed by atoms with E-state index in [4.69, 9.17) is 0 Å². The van der Waals surface area contributed by atoms with Crippen molar-refractivity contribution in [1.82, 2.24) is 10.2 Å². The van der Waals surface area contributed by atoms with Gasteiger partial charge in [-0.2, -0.15) is 0 Å². The lowest BCUT2D eigenvalue weighted by atomic mass is 10.0. The molecule has 0 aliphatic carbocycles. The van der Waals surface area contributed by atoms with E-state index in [2.05, 4.69) is 5.32 Å². The van der Waals surface area contributed by atoms with Crippen molar-refractivity contribution in [2.45, 2.75) is 50.6 Å². The number of carbonyl (C=O) groups excluding carboxylic acids is 2. The summed E-state index contributed by atoms with van der Waals surface area (Å²) in [4.78, 5) is 29.2. The lowest BCUT2D eigenvalue weighted by Crippen LogP contribution is -2.53. The van der Waals surface area contributed by atoms with E-state index in [1.54, 1.807) is 55.5 Å². The first kappa shape index (κ1) is 32.4. The summed E-state index contributed by atoms with van der Waals surface area (Å²) in [6, 6.07) is 29.1. The molecule has 44 heavy (non-hydrogen) atoms. The number of rotatable bonds is 13. The molecule has 0 saturated heterocycles. The lowest BCUT2D eigenvalue weighted by Gasteiger charge is -2.34. The Kier molecular flexibility index (Phi) is 10.9. The van der Waals surface area contributed by atoms with Crippen LogP contribution in [-0.4, -0.2) is 44.3 Å². The van der Waals surface area contributed by atoms with Gasteiger partial charge >= 0.3 is 0 Å². The maximum atomic E-state index is 14.9. The Morgan fingerprint density at radius 2 is 1.41 bits per heavy atom. The van der Waals surface area contributed by atoms with Crippen molar-refractivity contribution in [3.8, 4) is 0 Å². The van der Waals surface area contributed by atoms with Crippen LogP contribution in [0.2, 0.25) is 0 Å². The van der Waals surface area contributed by atoms with Gasteiger partial charge < -0.3 is 10.2 Å². The third-order valence-electron chi connectivity index (χ3n) is 7.38. The fraction of sp³-hybridized carbons (Fsp3) is 0.257. The molecule has 1 N–H and O–H groups in total. The number of hydrogen-bond acceptors (Lipinski definition) is 4. The number of likely N-dealkylation sites (N-methyl/N-ethyl adjacent to an activating group) is 1. The van der Waals surface area contributed by atoms with Crippen LogP contribution < -0.4 is 9.62 Å². The van der Waals surface area contributed by atoms with Gasteiger partial charge in [-0.1, -0.05) is 92.7 Å². The highest BCUT2D eigenvalue weighted by molar-refractivity contribution is 7.92. The van der Waals surface area contributed by atoms with Gasteiger partial charge in [0.05, 0.1) is 10.6 Å². The summed E-state index contributed by atoms with van der Waals surface area (Å²) < 4.78 is 44.1. The van der Waals surface area contributed by atoms with Crippen LogP contribution >= 0.6 is 0 Å². The van der Waals surface area contributed by atoms with Gasteiger partial charge in [0.15, 0.2) is 0 Å². The van der Waals surface area contributed by atoms with Crippen LogP contribution in [0.5, 0.6) is 0 Å². The van der Waals surface area contributed by atoms with Crippen LogP contribution in [0, 0.1) is 5.82 Å². The molecule has 1 atom stereocenters. The molecule has 0 fully saturated rings. The minimum absolute atomic E-state index is 0.0194. The zero-order valence-corrected chi connectivity index (χ0v) is 26.0. The molecule has 4 aromatic rings. The molecule has 7 nitrogen and oxygen atoms in total. The van der Waals surface area contributed by atoms with E-state index in [1.807, 2.05) is 56.3 Å². The SMILES string of the molecule is CCNC(=O)[C@@H](Cc1ccccc1)N(Cc1ccccc1F)C(=O)CN(c1ccc(C(C)C)cc1)S(=O)(=O)c1ccccc1. The normalized spacial score (nSPS) is 12.0. The number of sulfonamides is 1. The average molecular weight is 616 g/mol. The van der Waals surface area contributed by atoms with E-state index in [0.717, 1.165) is 15.4 Å². The number of nitrogens with zero attached hydrogens (tertiary/aromatic N) is 2. The van der Waals surface area contributed by atoms with Gasteiger partial charge in [0.2, 0.25) is 11.8 Å². The zero-order valence-electron chi connectivity index (χ0n) is 25.2. The Morgan fingerprint density at radius 3 is 2.00 bits per heavy atom. The third kappa shape index (κ3) is 7.90. The minimum atomic E-state index is -4.20. The van der Waals surface area contributed by atoms with E-state index in [0.29, 0.717) is 12.2 Å². The van der Waals surface area contributed by atoms with Crippen LogP contribution in [-0.2, 0) is 32.6 Å². The summed E-state index contributed by atoms with van der Waals surface area (Å²) in [6.07, 6.45) is 0.154. The number of halogens is 1. The number of anilines is 1. The highest BCUT2D eigenvalue weighted by Gasteiger charge is 2.34. The van der Waals surface area contributed by atoms with Gasteiger partial charge in [0, 0.05) is 25.1 Å². The number of benzene rings is 4. The molecule has 230 valence electrons. The van der Waals surface area contributed by atoms with E-state index in [1.165, 1.54) is 23.1 Å². The van der Waals surface area contributed by atoms with Crippen LogP contribution in [0.15, 0.2) is 114 Å². The molecule has 0 unspecified atom stereocenters. The number of carbonyl (C=O) groups is 2. The van der Waals surface area contributed by atoms with Crippen LogP contribution in [0.25, 0.3) is 0 Å². The smallest absolute Gasteiger partial charge is 0.264 e. The number of amides is 2. The van der Waals surface area contributed by atoms with Crippen molar-refractivity contribution in [2.24, 2.45) is 0 Å². The Morgan fingerprint density at radius 1 is 0.818 bits per heavy atom. The number of hydrogen-bond donors (Lipinski definition) is 1. The highest BCUT2D eigenvalue weighted by atomic mass is 32.2. The molecule has 0 aliphatic heterocycles. The molecule has 0 heterocycles. The third-order valence-corrected chi connectivity index (χ3v) is 9.17. The number of nitrogens with one attached hydrogen (secondary N) is 1. The van der Waals surface area contributed by atoms with Crippen molar-refractivity contribution < 1.29 is 22.4 Å². The lowest BCUT2D eigenvalue weighted by molar-refractivity contribution is -0.140. The maximum absolute atomic E-state index is 14.9. The van der Waals surface area contributed by atoms with E-state index in [-0.39, 0.29) is 29.3 Å². The van der Waals surface area contributed by atoms with Gasteiger partial charge in [-0.15, -0.1) is 0 Å². The Bertz CT molecular complexity index is 1650. The van der Waals surface area contributed by atoms with Crippen molar-refractivity contribution in [3.05, 3.63) is 132 Å². The summed E-state index contributed by atoms with van der Waals surface area (Å²) in [5, 5.41) is 2.80. The fourth-order valence-electron chi connectivity index (χ4n) is 4.93. The molecule has 0 radical (unpaired) electrons. The quantitative estimate of drug-likeness (QED) is 0.202. The largest absolute Gasteiger partial charge is 0.355 e. The van der Waals surface area contributed by atoms with Crippen LogP contribution in [0.1, 0.15) is 43.4 Å². The summed E-state index contributed by atoms with van der Waals surface area (Å²) in [5.41, 5.74) is 2.32. The Hall–Kier alpha value is -4.50. The van der Waals surface area contributed by atoms with Crippen LogP contribution in [0.3, 0.4) is 0 Å². The first-order chi connectivity index (χ1) is 21.1. The molecular weight excluding hydrogens is 577 g/mol. The van der Waals surface area contributed by atoms with Gasteiger partial charge in [-0.05, 0) is 54.3 Å². The molecule has 4 aromatic carbocycles. The van der Waals surface area contributed by atoms with Crippen molar-refractivity contribution in [3.63, 3.8) is 0 Å². The Balaban J connectivity index is 1.80. The molecule has 0 aliphatic rings. The predicted molar refractivity (Wildman–Crippen MR) is 171 cm³/mol. The molecule has 0 spiro atoms. The highest BCUT2D eigenvalue weighted by Crippen LogP contribution is 2.27. The van der Waals surface area contributed by atoms with Gasteiger partial charge in [-0.3, -0.25) is 13.9 Å². The van der Waals surface area contributed by atoms with E-state index in [9.17, 15) is 22.4 Å². The van der Waals surface area contributed by atoms with Gasteiger partial charge in [0.25, 0.3) is 10.0 Å². The minimum Gasteiger partial charge on any atom is -0.355 e. The standard InChI is InChI=1S/C35H38FN3O4S/c1-4-37-35(41)33(23-27-13-7-5-8-14-27)38(24-29-15-11-12-18-32(29)36)34(40)25-39(30-21-19-28(20-22-30)26(2)3)44(42,43)31-16-9-6-10-17-31/h5-22,26,33H,4,23-25H2,1-3H3,(H,37,41)/t33-/m1/s1. The van der Waals surface area contributed by atoms with E-state index >= 15 is 0 Å². The average Bonchev–Trinajstić information content (AvgIpc) is 3.03. The molecular formula is C35H38FN3O4S. The van der Waals surface area contributed by atoms with Gasteiger partial charge in [-0.25, -0.2) is 12.8 Å². The summed E-state index contributed by atoms with van der Waals surface area (Å²) in [6.45, 7) is 5.33. The summed E-state index contributed by atoms with van der Waals surface area (Å²) in [7, 11) is -4.20. The topological polar surface area (TPSA) is 86.8 Å². The first-order valence-corrected chi connectivity index (χ1v) is 16.1. The fourth-order valence-corrected chi connectivity index (χ4v) is 6.37. The molecule has 0 bridgehead atoms. The maximum Gasteiger partial charge on any atom is 0.264 e. The summed E-state index contributed by atoms with van der Waals surface area (Å²) >= 11 is 0. The second kappa shape index (κ2) is 14.8. The molecule has 4 rings (SSSR count). The molecule has 2 amide bonds. The molecule has 0 saturated carbocycles. The van der Waals surface area contributed by atoms with Crippen molar-refractivity contribution in [1.29, 1.82) is 0 Å². The second-order valence-electron chi connectivity index (χ2n) is 10.8. The molecule has 0 aromatic heterocycles. The van der Waals surface area contributed by atoms with Crippen LogP contribution in [0.4, 0.5) is 10.1 Å². The van der Waals surface area contributed by atoms with Gasteiger partial charge in [0.1, 0.15) is 18.4 Å². The zero-order chi connectivity index (χ0) is 31.7.